The van der Waals surface area contributed by atoms with Crippen LogP contribution in [0.15, 0.2) is 24.5 Å². The third-order valence-corrected chi connectivity index (χ3v) is 3.79. The van der Waals surface area contributed by atoms with Gasteiger partial charge in [0.15, 0.2) is 5.82 Å². The fourth-order valence-corrected chi connectivity index (χ4v) is 2.85. The van der Waals surface area contributed by atoms with Gasteiger partial charge in [-0.05, 0) is 18.1 Å². The average molecular weight is 258 g/mol. The second-order valence-corrected chi connectivity index (χ2v) is 5.09. The van der Waals surface area contributed by atoms with Crippen molar-refractivity contribution in [2.75, 3.05) is 0 Å². The maximum Gasteiger partial charge on any atom is 0.163 e. The quantitative estimate of drug-likeness (QED) is 0.909. The minimum atomic E-state index is -0.105. The molecule has 0 aliphatic heterocycles. The van der Waals surface area contributed by atoms with Gasteiger partial charge < -0.3 is 5.11 Å². The molecule has 1 fully saturated rings. The standard InChI is InChI=1S/C14H18N4O/c19-10-14-17-16-13(8-11-4-1-2-5-11)18(14)12-6-3-7-15-9-12/h3,6-7,9,11,19H,1-2,4-5,8,10H2. The molecule has 3 rings (SSSR count). The largest absolute Gasteiger partial charge is 0.388 e. The maximum absolute atomic E-state index is 9.41. The van der Waals surface area contributed by atoms with Crippen LogP contribution in [0.2, 0.25) is 0 Å². The molecule has 0 unspecified atom stereocenters. The molecular weight excluding hydrogens is 240 g/mol. The minimum Gasteiger partial charge on any atom is -0.388 e. The first kappa shape index (κ1) is 12.3. The number of nitrogens with zero attached hydrogens (tertiary/aromatic N) is 4. The van der Waals surface area contributed by atoms with Crippen LogP contribution in [-0.4, -0.2) is 24.9 Å². The number of aliphatic hydroxyl groups is 1. The van der Waals surface area contributed by atoms with Crippen LogP contribution in [0.5, 0.6) is 0 Å². The van der Waals surface area contributed by atoms with Crippen molar-refractivity contribution in [2.24, 2.45) is 5.92 Å². The molecule has 1 N–H and O–H groups in total. The molecule has 0 bridgehead atoms. The van der Waals surface area contributed by atoms with E-state index in [2.05, 4.69) is 15.2 Å². The second-order valence-electron chi connectivity index (χ2n) is 5.09. The van der Waals surface area contributed by atoms with Crippen molar-refractivity contribution >= 4 is 0 Å². The molecule has 2 aromatic heterocycles. The van der Waals surface area contributed by atoms with Crippen LogP contribution in [0.25, 0.3) is 5.69 Å². The van der Waals surface area contributed by atoms with Crippen LogP contribution < -0.4 is 0 Å². The first-order chi connectivity index (χ1) is 9.38. The molecule has 0 aromatic carbocycles. The predicted molar refractivity (Wildman–Crippen MR) is 70.7 cm³/mol. The molecule has 5 nitrogen and oxygen atoms in total. The normalized spacial score (nSPS) is 16.1. The van der Waals surface area contributed by atoms with Gasteiger partial charge in [-0.3, -0.25) is 9.55 Å². The Morgan fingerprint density at radius 1 is 1.21 bits per heavy atom. The van der Waals surface area contributed by atoms with Crippen molar-refractivity contribution in [1.82, 2.24) is 19.7 Å². The van der Waals surface area contributed by atoms with Gasteiger partial charge in [0.25, 0.3) is 0 Å². The highest BCUT2D eigenvalue weighted by Crippen LogP contribution is 2.28. The summed E-state index contributed by atoms with van der Waals surface area (Å²) in [7, 11) is 0. The highest BCUT2D eigenvalue weighted by Gasteiger charge is 2.20. The van der Waals surface area contributed by atoms with Gasteiger partial charge in [0.2, 0.25) is 0 Å². The lowest BCUT2D eigenvalue weighted by Crippen LogP contribution is -2.09. The topological polar surface area (TPSA) is 63.8 Å². The van der Waals surface area contributed by atoms with Crippen LogP contribution in [0.1, 0.15) is 37.3 Å². The Bertz CT molecular complexity index is 532. The Kier molecular flexibility index (Phi) is 3.55. The van der Waals surface area contributed by atoms with Crippen molar-refractivity contribution in [3.8, 4) is 5.69 Å². The van der Waals surface area contributed by atoms with E-state index in [1.165, 1.54) is 25.7 Å². The lowest BCUT2D eigenvalue weighted by atomic mass is 10.0. The summed E-state index contributed by atoms with van der Waals surface area (Å²) in [5, 5.41) is 17.8. The van der Waals surface area contributed by atoms with Crippen LogP contribution in [0.3, 0.4) is 0 Å². The summed E-state index contributed by atoms with van der Waals surface area (Å²) in [5.41, 5.74) is 0.921. The molecule has 1 aliphatic carbocycles. The van der Waals surface area contributed by atoms with Crippen molar-refractivity contribution in [3.63, 3.8) is 0 Å². The highest BCUT2D eigenvalue weighted by molar-refractivity contribution is 5.31. The van der Waals surface area contributed by atoms with E-state index in [0.29, 0.717) is 11.7 Å². The molecule has 1 aliphatic rings. The summed E-state index contributed by atoms with van der Waals surface area (Å²) in [5.74, 6) is 2.22. The fourth-order valence-electron chi connectivity index (χ4n) is 2.85. The molecule has 0 saturated heterocycles. The van der Waals surface area contributed by atoms with E-state index in [0.717, 1.165) is 17.9 Å². The summed E-state index contributed by atoms with van der Waals surface area (Å²) in [4.78, 5) is 4.13. The summed E-state index contributed by atoms with van der Waals surface area (Å²) in [6.45, 7) is -0.105. The van der Waals surface area contributed by atoms with E-state index in [9.17, 15) is 5.11 Å². The third-order valence-electron chi connectivity index (χ3n) is 3.79. The molecule has 0 amide bonds. The van der Waals surface area contributed by atoms with Gasteiger partial charge in [-0.25, -0.2) is 0 Å². The zero-order valence-electron chi connectivity index (χ0n) is 10.9. The first-order valence-corrected chi connectivity index (χ1v) is 6.83. The molecular formula is C14H18N4O. The smallest absolute Gasteiger partial charge is 0.163 e. The second kappa shape index (κ2) is 5.48. The number of hydrogen-bond acceptors (Lipinski definition) is 4. The molecule has 5 heteroatoms. The van der Waals surface area contributed by atoms with E-state index in [1.54, 1.807) is 12.4 Å². The Morgan fingerprint density at radius 2 is 2.00 bits per heavy atom. The van der Waals surface area contributed by atoms with Crippen LogP contribution in [-0.2, 0) is 13.0 Å². The zero-order chi connectivity index (χ0) is 13.1. The van der Waals surface area contributed by atoms with Gasteiger partial charge in [-0.1, -0.05) is 25.7 Å². The van der Waals surface area contributed by atoms with Gasteiger partial charge in [0.05, 0.1) is 11.9 Å². The highest BCUT2D eigenvalue weighted by atomic mass is 16.3. The zero-order valence-corrected chi connectivity index (χ0v) is 10.9. The Labute approximate surface area is 112 Å². The van der Waals surface area contributed by atoms with Crippen LogP contribution in [0.4, 0.5) is 0 Å². The monoisotopic (exact) mass is 258 g/mol. The summed E-state index contributed by atoms with van der Waals surface area (Å²) in [6.07, 6.45) is 9.63. The number of hydrogen-bond donors (Lipinski definition) is 1. The summed E-state index contributed by atoms with van der Waals surface area (Å²) in [6, 6.07) is 3.85. The number of aliphatic hydroxyl groups excluding tert-OH is 1. The minimum absolute atomic E-state index is 0.105. The molecule has 2 aromatic rings. The van der Waals surface area contributed by atoms with Gasteiger partial charge >= 0.3 is 0 Å². The van der Waals surface area contributed by atoms with Gasteiger partial charge in [0, 0.05) is 12.6 Å². The summed E-state index contributed by atoms with van der Waals surface area (Å²) >= 11 is 0. The lowest BCUT2D eigenvalue weighted by Gasteiger charge is -2.11. The Balaban J connectivity index is 1.93. The lowest BCUT2D eigenvalue weighted by molar-refractivity contribution is 0.268. The fraction of sp³-hybridized carbons (Fsp3) is 0.500. The van der Waals surface area contributed by atoms with Crippen molar-refractivity contribution in [2.45, 2.75) is 38.7 Å². The van der Waals surface area contributed by atoms with Gasteiger partial charge in [-0.2, -0.15) is 0 Å². The Morgan fingerprint density at radius 3 is 2.68 bits per heavy atom. The molecule has 2 heterocycles. The van der Waals surface area contributed by atoms with Crippen molar-refractivity contribution in [1.29, 1.82) is 0 Å². The number of pyridine rings is 1. The summed E-state index contributed by atoms with van der Waals surface area (Å²) < 4.78 is 1.94. The van der Waals surface area contributed by atoms with E-state index >= 15 is 0 Å². The third kappa shape index (κ3) is 2.51. The molecule has 0 radical (unpaired) electrons. The average Bonchev–Trinajstić information content (AvgIpc) is 3.09. The van der Waals surface area contributed by atoms with Crippen LogP contribution >= 0.6 is 0 Å². The molecule has 0 atom stereocenters. The van der Waals surface area contributed by atoms with Crippen LogP contribution in [0, 0.1) is 5.92 Å². The van der Waals surface area contributed by atoms with E-state index < -0.39 is 0 Å². The van der Waals surface area contributed by atoms with Gasteiger partial charge in [-0.15, -0.1) is 10.2 Å². The maximum atomic E-state index is 9.41. The molecule has 1 saturated carbocycles. The van der Waals surface area contributed by atoms with Crippen molar-refractivity contribution < 1.29 is 5.11 Å². The van der Waals surface area contributed by atoms with E-state index in [4.69, 9.17) is 0 Å². The first-order valence-electron chi connectivity index (χ1n) is 6.83. The number of rotatable bonds is 4. The molecule has 100 valence electrons. The predicted octanol–water partition coefficient (Wildman–Crippen LogP) is 1.89. The molecule has 0 spiro atoms. The SMILES string of the molecule is OCc1nnc(CC2CCCC2)n1-c1cccnc1. The van der Waals surface area contributed by atoms with Crippen molar-refractivity contribution in [3.05, 3.63) is 36.2 Å². The molecule has 19 heavy (non-hydrogen) atoms. The van der Waals surface area contributed by atoms with E-state index in [-0.39, 0.29) is 6.61 Å². The Hall–Kier alpha value is -1.75. The van der Waals surface area contributed by atoms with E-state index in [1.807, 2.05) is 16.7 Å². The number of aromatic nitrogens is 4. The van der Waals surface area contributed by atoms with Gasteiger partial charge in [0.1, 0.15) is 12.4 Å².